The summed E-state index contributed by atoms with van der Waals surface area (Å²) < 4.78 is 21.1. The molecule has 6 unspecified atom stereocenters. The summed E-state index contributed by atoms with van der Waals surface area (Å²) in [5.74, 6) is 6.42. The molecule has 2 heterocycles. The molecule has 0 amide bonds. The number of ether oxygens (including phenoxy) is 2. The highest BCUT2D eigenvalue weighted by Crippen LogP contribution is 2.67. The number of allylic oxidation sites excluding steroid dienone is 1. The van der Waals surface area contributed by atoms with E-state index in [0.29, 0.717) is 34.5 Å². The lowest BCUT2D eigenvalue weighted by Crippen LogP contribution is -2.54. The van der Waals surface area contributed by atoms with Crippen LogP contribution in [0.4, 0.5) is 0 Å². The SMILES string of the molecule is C#CC1(O)CCC2C3CCC4=Cc5oncc5CC4(C)C3CCC21C.COc1ccc(-c2coc3c(OC)c(O)ccc3c2=O)cc1. The average Bonchev–Trinajstić information content (AvgIpc) is 3.64. The molecule has 2 aromatic heterocycles. The molecule has 0 spiro atoms. The zero-order valence-corrected chi connectivity index (χ0v) is 27.3. The number of aromatic hydroxyl groups is 1. The van der Waals surface area contributed by atoms with E-state index in [1.165, 1.54) is 37.5 Å². The van der Waals surface area contributed by atoms with Gasteiger partial charge in [0.05, 0.1) is 31.4 Å². The summed E-state index contributed by atoms with van der Waals surface area (Å²) >= 11 is 0. The first-order valence-electron chi connectivity index (χ1n) is 16.4. The van der Waals surface area contributed by atoms with E-state index < -0.39 is 5.60 Å². The Morgan fingerprint density at radius 3 is 2.51 bits per heavy atom. The van der Waals surface area contributed by atoms with Gasteiger partial charge in [-0.05, 0) is 104 Å². The van der Waals surface area contributed by atoms with Gasteiger partial charge in [-0.25, -0.2) is 0 Å². The van der Waals surface area contributed by atoms with E-state index in [-0.39, 0.29) is 33.3 Å². The highest BCUT2D eigenvalue weighted by atomic mass is 16.5. The lowest BCUT2D eigenvalue weighted by molar-refractivity contribution is -0.0975. The quantitative estimate of drug-likeness (QED) is 0.224. The van der Waals surface area contributed by atoms with E-state index in [2.05, 4.69) is 31.0 Å². The van der Waals surface area contributed by atoms with Gasteiger partial charge in [0.1, 0.15) is 17.6 Å². The number of nitrogens with zero attached hydrogens (tertiary/aromatic N) is 1. The molecule has 8 nitrogen and oxygen atoms in total. The second-order valence-electron chi connectivity index (χ2n) is 14.1. The standard InChI is InChI=1S/C22H27NO2.C17H14O5/c1-4-22(24)10-8-18-16-6-5-15-11-19-14(13-23-25-19)12-20(15,2)17(16)7-9-21(18,22)3;1-20-11-5-3-10(4-6-11)13-9-22-16-12(15(13)19)7-8-14(18)17(16)21-2/h1,11,13,16-18,24H,5-10,12H2,2-3H3;3-9,18H,1-2H3. The third-order valence-electron chi connectivity index (χ3n) is 12.1. The summed E-state index contributed by atoms with van der Waals surface area (Å²) in [6.07, 6.45) is 18.8. The Labute approximate surface area is 274 Å². The van der Waals surface area contributed by atoms with Crippen molar-refractivity contribution in [1.82, 2.24) is 5.16 Å². The van der Waals surface area contributed by atoms with Gasteiger partial charge in [0.25, 0.3) is 0 Å². The maximum Gasteiger partial charge on any atom is 0.204 e. The molecule has 4 aliphatic rings. The molecular formula is C39H41NO7. The molecule has 2 N–H and O–H groups in total. The van der Waals surface area contributed by atoms with Crippen LogP contribution in [-0.4, -0.2) is 35.2 Å². The first kappa shape index (κ1) is 31.1. The molecule has 0 radical (unpaired) electrons. The minimum absolute atomic E-state index is 0.0738. The Bertz CT molecular complexity index is 1970. The number of benzene rings is 2. The van der Waals surface area contributed by atoms with Gasteiger partial charge < -0.3 is 28.6 Å². The molecule has 3 saturated carbocycles. The molecule has 4 aliphatic carbocycles. The minimum Gasteiger partial charge on any atom is -0.504 e. The Kier molecular flexibility index (Phi) is 7.52. The molecule has 4 aromatic rings. The summed E-state index contributed by atoms with van der Waals surface area (Å²) in [5, 5.41) is 25.2. The molecule has 6 atom stereocenters. The van der Waals surface area contributed by atoms with E-state index in [4.69, 9.17) is 24.8 Å². The van der Waals surface area contributed by atoms with Gasteiger partial charge in [0.2, 0.25) is 11.2 Å². The van der Waals surface area contributed by atoms with Gasteiger partial charge >= 0.3 is 0 Å². The largest absolute Gasteiger partial charge is 0.504 e. The van der Waals surface area contributed by atoms with E-state index in [9.17, 15) is 15.0 Å². The first-order valence-corrected chi connectivity index (χ1v) is 16.4. The zero-order chi connectivity index (χ0) is 33.1. The maximum absolute atomic E-state index is 12.6. The molecule has 0 aliphatic heterocycles. The number of phenolic OH excluding ortho intramolecular Hbond substituents is 1. The van der Waals surface area contributed by atoms with Crippen molar-refractivity contribution in [3.63, 3.8) is 0 Å². The third kappa shape index (κ3) is 4.70. The number of phenols is 1. The fourth-order valence-electron chi connectivity index (χ4n) is 9.47. The second-order valence-corrected chi connectivity index (χ2v) is 14.1. The monoisotopic (exact) mass is 635 g/mol. The lowest BCUT2D eigenvalue weighted by atomic mass is 9.46. The van der Waals surface area contributed by atoms with E-state index in [1.54, 1.807) is 36.9 Å². The number of fused-ring (bicyclic) bond motifs is 7. The number of aromatic nitrogens is 1. The van der Waals surface area contributed by atoms with Crippen LogP contribution in [-0.2, 0) is 6.42 Å². The number of rotatable bonds is 3. The van der Waals surface area contributed by atoms with Crippen LogP contribution >= 0.6 is 0 Å². The molecule has 8 rings (SSSR count). The molecule has 0 saturated heterocycles. The van der Waals surface area contributed by atoms with E-state index >= 15 is 0 Å². The van der Waals surface area contributed by atoms with Crippen molar-refractivity contribution in [3.8, 4) is 40.7 Å². The Morgan fingerprint density at radius 1 is 1.02 bits per heavy atom. The van der Waals surface area contributed by atoms with Crippen LogP contribution in [0, 0.1) is 40.9 Å². The number of hydrogen-bond acceptors (Lipinski definition) is 8. The molecule has 8 heteroatoms. The summed E-state index contributed by atoms with van der Waals surface area (Å²) in [7, 11) is 2.99. The Hall–Kier alpha value is -4.48. The molecule has 47 heavy (non-hydrogen) atoms. The van der Waals surface area contributed by atoms with Gasteiger partial charge in [-0.15, -0.1) is 6.42 Å². The molecule has 244 valence electrons. The van der Waals surface area contributed by atoms with Crippen molar-refractivity contribution in [3.05, 3.63) is 76.0 Å². The van der Waals surface area contributed by atoms with Crippen LogP contribution in [0.5, 0.6) is 17.2 Å². The Balaban J connectivity index is 0.000000151. The summed E-state index contributed by atoms with van der Waals surface area (Å²) in [4.78, 5) is 12.6. The van der Waals surface area contributed by atoms with Crippen molar-refractivity contribution in [1.29, 1.82) is 0 Å². The summed E-state index contributed by atoms with van der Waals surface area (Å²) in [5.41, 5.74) is 3.19. The minimum atomic E-state index is -0.909. The van der Waals surface area contributed by atoms with Crippen molar-refractivity contribution in [2.75, 3.05) is 14.2 Å². The summed E-state index contributed by atoms with van der Waals surface area (Å²) in [6.45, 7) is 4.71. The molecule has 2 aromatic carbocycles. The van der Waals surface area contributed by atoms with Crippen LogP contribution in [0.15, 0.2) is 68.2 Å². The van der Waals surface area contributed by atoms with Crippen molar-refractivity contribution in [2.45, 2.75) is 64.4 Å². The first-order chi connectivity index (χ1) is 22.6. The highest BCUT2D eigenvalue weighted by molar-refractivity contribution is 5.88. The lowest BCUT2D eigenvalue weighted by Gasteiger charge is -2.58. The predicted octanol–water partition coefficient (Wildman–Crippen LogP) is 7.40. The predicted molar refractivity (Wildman–Crippen MR) is 179 cm³/mol. The van der Waals surface area contributed by atoms with Gasteiger partial charge in [-0.1, -0.05) is 42.6 Å². The van der Waals surface area contributed by atoms with Crippen molar-refractivity contribution in [2.24, 2.45) is 28.6 Å². The van der Waals surface area contributed by atoms with E-state index in [1.807, 2.05) is 6.20 Å². The van der Waals surface area contributed by atoms with Gasteiger partial charge in [-0.3, -0.25) is 4.79 Å². The van der Waals surface area contributed by atoms with Crippen LogP contribution in [0.2, 0.25) is 0 Å². The number of methoxy groups -OCH3 is 2. The third-order valence-corrected chi connectivity index (χ3v) is 12.1. The topological polar surface area (TPSA) is 115 Å². The number of hydrogen-bond donors (Lipinski definition) is 2. The van der Waals surface area contributed by atoms with E-state index in [0.717, 1.165) is 49.8 Å². The highest BCUT2D eigenvalue weighted by Gasteiger charge is 2.63. The molecule has 0 bridgehead atoms. The average molecular weight is 636 g/mol. The molecule has 3 fully saturated rings. The van der Waals surface area contributed by atoms with Crippen LogP contribution < -0.4 is 14.9 Å². The fraction of sp³-hybridized carbons (Fsp3) is 0.436. The van der Waals surface area contributed by atoms with Crippen LogP contribution in [0.1, 0.15) is 63.7 Å². The number of aliphatic hydroxyl groups is 1. The summed E-state index contributed by atoms with van der Waals surface area (Å²) in [6, 6.07) is 10.1. The van der Waals surface area contributed by atoms with Crippen molar-refractivity contribution >= 4 is 17.0 Å². The van der Waals surface area contributed by atoms with Crippen molar-refractivity contribution < 1.29 is 28.6 Å². The van der Waals surface area contributed by atoms with Crippen LogP contribution in [0.3, 0.4) is 0 Å². The fourth-order valence-corrected chi connectivity index (χ4v) is 9.47. The zero-order valence-electron chi connectivity index (χ0n) is 27.3. The van der Waals surface area contributed by atoms with Crippen LogP contribution in [0.25, 0.3) is 28.2 Å². The maximum atomic E-state index is 12.6. The van der Waals surface area contributed by atoms with Gasteiger partial charge in [0.15, 0.2) is 17.1 Å². The van der Waals surface area contributed by atoms with Gasteiger partial charge in [-0.2, -0.15) is 0 Å². The van der Waals surface area contributed by atoms with Gasteiger partial charge in [0, 0.05) is 11.0 Å². The number of terminal acetylenes is 1. The molecular weight excluding hydrogens is 594 g/mol. The normalized spacial score (nSPS) is 30.4. The Morgan fingerprint density at radius 2 is 1.79 bits per heavy atom. The second kappa shape index (κ2) is 11.3. The smallest absolute Gasteiger partial charge is 0.204 e.